The number of aromatic nitrogens is 3. The van der Waals surface area contributed by atoms with E-state index in [9.17, 15) is 9.18 Å². The van der Waals surface area contributed by atoms with E-state index in [1.54, 1.807) is 11.6 Å². The second-order valence-electron chi connectivity index (χ2n) is 5.53. The molecule has 9 heteroatoms. The number of amides is 1. The topological polar surface area (TPSA) is 68.5 Å². The lowest BCUT2D eigenvalue weighted by Gasteiger charge is -2.04. The minimum atomic E-state index is -0.708. The molecule has 0 unspecified atom stereocenters. The van der Waals surface area contributed by atoms with Gasteiger partial charge in [-0.3, -0.25) is 10.1 Å². The van der Waals surface area contributed by atoms with Gasteiger partial charge in [0.15, 0.2) is 0 Å². The number of nitrogens with one attached hydrogen (secondary N) is 1. The number of hydrogen-bond donors (Lipinski definition) is 1. The van der Waals surface area contributed by atoms with E-state index in [1.807, 2.05) is 29.6 Å². The van der Waals surface area contributed by atoms with E-state index in [1.165, 1.54) is 29.5 Å². The highest BCUT2D eigenvalue weighted by molar-refractivity contribution is 7.15. The van der Waals surface area contributed by atoms with Crippen LogP contribution in [0.5, 0.6) is 5.75 Å². The molecule has 2 heterocycles. The van der Waals surface area contributed by atoms with Crippen molar-refractivity contribution in [1.82, 2.24) is 14.6 Å². The molecule has 2 aromatic carbocycles. The number of carbonyl (C=O) groups excluding carboxylic acids is 1. The second kappa shape index (κ2) is 6.98. The van der Waals surface area contributed by atoms with E-state index in [-0.39, 0.29) is 16.5 Å². The van der Waals surface area contributed by atoms with Crippen molar-refractivity contribution in [3.8, 4) is 17.0 Å². The van der Waals surface area contributed by atoms with Crippen LogP contribution in [0, 0.1) is 5.82 Å². The van der Waals surface area contributed by atoms with Gasteiger partial charge in [0.25, 0.3) is 11.9 Å². The average Bonchev–Trinajstić information content (AvgIpc) is 3.21. The molecule has 0 aliphatic carbocycles. The van der Waals surface area contributed by atoms with Crippen molar-refractivity contribution in [3.63, 3.8) is 0 Å². The Balaban J connectivity index is 1.64. The van der Waals surface area contributed by atoms with Gasteiger partial charge in [0.1, 0.15) is 11.6 Å². The molecule has 0 bridgehead atoms. The van der Waals surface area contributed by atoms with Crippen molar-refractivity contribution < 1.29 is 13.9 Å². The SMILES string of the molecule is COc1ccc(-c2csc3nc(NC(=O)c4c(F)cccc4Cl)nn23)cc1. The fourth-order valence-corrected chi connectivity index (χ4v) is 3.65. The summed E-state index contributed by atoms with van der Waals surface area (Å²) in [5, 5.41) is 8.73. The predicted octanol–water partition coefficient (Wildman–Crippen LogP) is 4.51. The highest BCUT2D eigenvalue weighted by atomic mass is 35.5. The van der Waals surface area contributed by atoms with Crippen LogP contribution >= 0.6 is 22.9 Å². The van der Waals surface area contributed by atoms with Crippen LogP contribution in [-0.4, -0.2) is 27.6 Å². The largest absolute Gasteiger partial charge is 0.497 e. The Kier molecular flexibility index (Phi) is 4.51. The van der Waals surface area contributed by atoms with Gasteiger partial charge < -0.3 is 4.74 Å². The highest BCUT2D eigenvalue weighted by Gasteiger charge is 2.19. The first-order chi connectivity index (χ1) is 13.1. The van der Waals surface area contributed by atoms with E-state index >= 15 is 0 Å². The molecule has 1 amide bonds. The number of anilines is 1. The minimum Gasteiger partial charge on any atom is -0.497 e. The molecule has 0 spiro atoms. The zero-order chi connectivity index (χ0) is 19.0. The predicted molar refractivity (Wildman–Crippen MR) is 102 cm³/mol. The van der Waals surface area contributed by atoms with Crippen LogP contribution in [0.15, 0.2) is 47.8 Å². The van der Waals surface area contributed by atoms with Gasteiger partial charge in [-0.25, -0.2) is 8.91 Å². The lowest BCUT2D eigenvalue weighted by molar-refractivity contribution is 0.102. The molecule has 136 valence electrons. The van der Waals surface area contributed by atoms with E-state index in [2.05, 4.69) is 15.4 Å². The second-order valence-corrected chi connectivity index (χ2v) is 6.77. The van der Waals surface area contributed by atoms with E-state index in [0.717, 1.165) is 17.0 Å². The van der Waals surface area contributed by atoms with Crippen molar-refractivity contribution in [2.24, 2.45) is 0 Å². The van der Waals surface area contributed by atoms with Gasteiger partial charge in [-0.2, -0.15) is 4.98 Å². The van der Waals surface area contributed by atoms with Crippen LogP contribution in [0.2, 0.25) is 5.02 Å². The third kappa shape index (κ3) is 3.24. The Morgan fingerprint density at radius 3 is 2.74 bits per heavy atom. The zero-order valence-corrected chi connectivity index (χ0v) is 15.5. The molecular formula is C18H12ClFN4O2S. The molecule has 0 fully saturated rings. The Hall–Kier alpha value is -2.97. The summed E-state index contributed by atoms with van der Waals surface area (Å²) in [7, 11) is 1.60. The van der Waals surface area contributed by atoms with E-state index in [0.29, 0.717) is 4.96 Å². The molecule has 0 aliphatic heterocycles. The molecule has 4 rings (SSSR count). The maximum Gasteiger partial charge on any atom is 0.262 e. The van der Waals surface area contributed by atoms with Crippen LogP contribution in [0.4, 0.5) is 10.3 Å². The van der Waals surface area contributed by atoms with E-state index < -0.39 is 11.7 Å². The number of halogens is 2. The molecule has 0 atom stereocenters. The highest BCUT2D eigenvalue weighted by Crippen LogP contribution is 2.27. The molecule has 0 saturated heterocycles. The third-order valence-electron chi connectivity index (χ3n) is 3.88. The minimum absolute atomic E-state index is 0.0208. The van der Waals surface area contributed by atoms with Gasteiger partial charge in [0.2, 0.25) is 4.96 Å². The molecular weight excluding hydrogens is 391 g/mol. The maximum absolute atomic E-state index is 13.9. The Morgan fingerprint density at radius 2 is 2.04 bits per heavy atom. The van der Waals surface area contributed by atoms with Gasteiger partial charge in [-0.1, -0.05) is 17.7 Å². The van der Waals surface area contributed by atoms with Gasteiger partial charge >= 0.3 is 0 Å². The third-order valence-corrected chi connectivity index (χ3v) is 5.01. The molecule has 4 aromatic rings. The molecule has 6 nitrogen and oxygen atoms in total. The number of methoxy groups -OCH3 is 1. The van der Waals surface area contributed by atoms with Crippen molar-refractivity contribution >= 4 is 39.8 Å². The van der Waals surface area contributed by atoms with Crippen LogP contribution in [0.1, 0.15) is 10.4 Å². The summed E-state index contributed by atoms with van der Waals surface area (Å²) in [5.41, 5.74) is 1.49. The number of ether oxygens (including phenoxy) is 1. The quantitative estimate of drug-likeness (QED) is 0.545. The summed E-state index contributed by atoms with van der Waals surface area (Å²) in [6, 6.07) is 11.5. The van der Waals surface area contributed by atoms with Crippen molar-refractivity contribution in [1.29, 1.82) is 0 Å². The molecule has 1 N–H and O–H groups in total. The lowest BCUT2D eigenvalue weighted by Crippen LogP contribution is -2.15. The normalized spacial score (nSPS) is 10.9. The first kappa shape index (κ1) is 17.4. The first-order valence-electron chi connectivity index (χ1n) is 7.81. The number of thiazole rings is 1. The van der Waals surface area contributed by atoms with Crippen molar-refractivity contribution in [3.05, 3.63) is 64.2 Å². The fraction of sp³-hybridized carbons (Fsp3) is 0.0556. The van der Waals surface area contributed by atoms with E-state index in [4.69, 9.17) is 16.3 Å². The van der Waals surface area contributed by atoms with Crippen LogP contribution in [0.3, 0.4) is 0 Å². The lowest BCUT2D eigenvalue weighted by atomic mass is 10.2. The first-order valence-corrected chi connectivity index (χ1v) is 9.06. The zero-order valence-electron chi connectivity index (χ0n) is 13.9. The van der Waals surface area contributed by atoms with Crippen molar-refractivity contribution in [2.75, 3.05) is 12.4 Å². The Labute approximate surface area is 162 Å². The summed E-state index contributed by atoms with van der Waals surface area (Å²) in [6.07, 6.45) is 0. The molecule has 0 radical (unpaired) electrons. The Morgan fingerprint density at radius 1 is 1.26 bits per heavy atom. The summed E-state index contributed by atoms with van der Waals surface area (Å²) >= 11 is 7.30. The van der Waals surface area contributed by atoms with Gasteiger partial charge in [-0.05, 0) is 36.4 Å². The molecule has 2 aromatic heterocycles. The molecule has 0 saturated carbocycles. The number of carbonyl (C=O) groups is 1. The van der Waals surface area contributed by atoms with Crippen LogP contribution in [0.25, 0.3) is 16.2 Å². The summed E-state index contributed by atoms with van der Waals surface area (Å²) in [4.78, 5) is 17.2. The van der Waals surface area contributed by atoms with Gasteiger partial charge in [0.05, 0.1) is 23.4 Å². The average molecular weight is 403 g/mol. The van der Waals surface area contributed by atoms with Gasteiger partial charge in [-0.15, -0.1) is 16.4 Å². The standard InChI is InChI=1S/C18H12ClFN4O2S/c1-26-11-7-5-10(6-8-11)14-9-27-18-22-17(23-24(14)18)21-16(25)15-12(19)3-2-4-13(15)20/h2-9H,1H3,(H,21,23,25). The summed E-state index contributed by atoms with van der Waals surface area (Å²) in [5.74, 6) is -0.596. The van der Waals surface area contributed by atoms with Gasteiger partial charge in [0, 0.05) is 10.9 Å². The monoisotopic (exact) mass is 402 g/mol. The maximum atomic E-state index is 13.9. The number of nitrogens with zero attached hydrogens (tertiary/aromatic N) is 3. The number of hydrogen-bond acceptors (Lipinski definition) is 5. The number of benzene rings is 2. The summed E-state index contributed by atoms with van der Waals surface area (Å²) in [6.45, 7) is 0. The summed E-state index contributed by atoms with van der Waals surface area (Å²) < 4.78 is 20.7. The van der Waals surface area contributed by atoms with Crippen LogP contribution in [-0.2, 0) is 0 Å². The molecule has 27 heavy (non-hydrogen) atoms. The number of rotatable bonds is 4. The fourth-order valence-electron chi connectivity index (χ4n) is 2.57. The van der Waals surface area contributed by atoms with Crippen LogP contribution < -0.4 is 10.1 Å². The smallest absolute Gasteiger partial charge is 0.262 e. The number of fused-ring (bicyclic) bond motifs is 1. The van der Waals surface area contributed by atoms with Crippen molar-refractivity contribution in [2.45, 2.75) is 0 Å². The Bertz CT molecular complexity index is 1120. The molecule has 0 aliphatic rings.